The van der Waals surface area contributed by atoms with E-state index in [-0.39, 0.29) is 0 Å². The average molecular weight is 411 g/mol. The van der Waals surface area contributed by atoms with Crippen LogP contribution in [0, 0.1) is 0 Å². The lowest BCUT2D eigenvalue weighted by atomic mass is 10.3. The van der Waals surface area contributed by atoms with Crippen molar-refractivity contribution >= 4 is 60.7 Å². The van der Waals surface area contributed by atoms with Crippen LogP contribution in [-0.2, 0) is 6.54 Å². The number of nitrogens with zero attached hydrogens (tertiary/aromatic N) is 1. The molecule has 0 amide bonds. The number of hydrogen-bond acceptors (Lipinski definition) is 2. The van der Waals surface area contributed by atoms with Gasteiger partial charge in [-0.1, -0.05) is 23.2 Å². The van der Waals surface area contributed by atoms with Crippen molar-refractivity contribution in [3.05, 3.63) is 55.1 Å². The molecule has 1 N–H and O–H groups in total. The van der Waals surface area contributed by atoms with Crippen LogP contribution in [-0.4, -0.2) is 4.98 Å². The van der Waals surface area contributed by atoms with E-state index in [1.807, 2.05) is 12.1 Å². The molecule has 0 aliphatic rings. The van der Waals surface area contributed by atoms with E-state index in [2.05, 4.69) is 42.2 Å². The minimum absolute atomic E-state index is 0.532. The number of nitrogens with one attached hydrogen (secondary N) is 1. The second-order valence-corrected chi connectivity index (χ2v) is 6.15. The van der Waals surface area contributed by atoms with E-state index < -0.39 is 0 Å². The first-order valence-corrected chi connectivity index (χ1v) is 7.39. The van der Waals surface area contributed by atoms with Gasteiger partial charge in [-0.05, 0) is 56.1 Å². The van der Waals surface area contributed by atoms with Crippen LogP contribution in [0.1, 0.15) is 5.69 Å². The molecule has 94 valence electrons. The molecule has 0 saturated heterocycles. The molecule has 6 heteroatoms. The summed E-state index contributed by atoms with van der Waals surface area (Å²) in [5, 5.41) is 4.32. The van der Waals surface area contributed by atoms with Crippen LogP contribution in [0.15, 0.2) is 39.4 Å². The largest absolute Gasteiger partial charge is 0.379 e. The molecular formula is C12H8Br2Cl2N2. The maximum absolute atomic E-state index is 5.94. The Kier molecular flexibility index (Phi) is 4.90. The highest BCUT2D eigenvalue weighted by atomic mass is 79.9. The SMILES string of the molecule is Clc1ccc(NCc2ncc(Br)cc2Br)cc1Cl. The van der Waals surface area contributed by atoms with Crippen LogP contribution >= 0.6 is 55.1 Å². The number of anilines is 1. The molecule has 0 unspecified atom stereocenters. The summed E-state index contributed by atoms with van der Waals surface area (Å²) < 4.78 is 1.89. The van der Waals surface area contributed by atoms with Gasteiger partial charge in [0.15, 0.2) is 0 Å². The van der Waals surface area contributed by atoms with E-state index in [0.29, 0.717) is 16.6 Å². The Hall–Kier alpha value is -0.290. The third-order valence-corrected chi connectivity index (χ3v) is 4.12. The summed E-state index contributed by atoms with van der Waals surface area (Å²) in [6, 6.07) is 7.38. The molecule has 2 aromatic rings. The third-order valence-electron chi connectivity index (χ3n) is 2.26. The van der Waals surface area contributed by atoms with Crippen molar-refractivity contribution in [2.24, 2.45) is 0 Å². The Bertz CT molecular complexity index is 576. The van der Waals surface area contributed by atoms with Gasteiger partial charge in [0.05, 0.1) is 22.3 Å². The van der Waals surface area contributed by atoms with Crippen LogP contribution in [0.2, 0.25) is 10.0 Å². The summed E-state index contributed by atoms with van der Waals surface area (Å²) in [7, 11) is 0. The Morgan fingerprint density at radius 3 is 2.56 bits per heavy atom. The van der Waals surface area contributed by atoms with Crippen molar-refractivity contribution in [2.45, 2.75) is 6.54 Å². The Balaban J connectivity index is 2.09. The summed E-state index contributed by atoms with van der Waals surface area (Å²) >= 11 is 18.6. The number of pyridine rings is 1. The standard InChI is InChI=1S/C12H8Br2Cl2N2/c13-7-3-9(14)12(18-5-7)6-17-8-1-2-10(15)11(16)4-8/h1-5,17H,6H2. The highest BCUT2D eigenvalue weighted by Gasteiger charge is 2.03. The normalized spacial score (nSPS) is 10.4. The molecule has 1 heterocycles. The molecule has 0 fully saturated rings. The maximum Gasteiger partial charge on any atom is 0.0737 e. The molecule has 0 radical (unpaired) electrons. The van der Waals surface area contributed by atoms with Gasteiger partial charge in [0, 0.05) is 20.8 Å². The van der Waals surface area contributed by atoms with Gasteiger partial charge in [0.2, 0.25) is 0 Å². The van der Waals surface area contributed by atoms with Crippen LogP contribution < -0.4 is 5.32 Å². The predicted octanol–water partition coefficient (Wildman–Crippen LogP) is 5.53. The molecule has 0 spiro atoms. The molecule has 2 rings (SSSR count). The fourth-order valence-electron chi connectivity index (χ4n) is 1.36. The fraction of sp³-hybridized carbons (Fsp3) is 0.0833. The number of aromatic nitrogens is 1. The van der Waals surface area contributed by atoms with Gasteiger partial charge in [-0.15, -0.1) is 0 Å². The molecule has 0 aliphatic heterocycles. The molecule has 0 atom stereocenters. The fourth-order valence-corrected chi connectivity index (χ4v) is 2.79. The van der Waals surface area contributed by atoms with Gasteiger partial charge >= 0.3 is 0 Å². The number of halogens is 4. The van der Waals surface area contributed by atoms with Gasteiger partial charge in [-0.25, -0.2) is 0 Å². The number of hydrogen-bond donors (Lipinski definition) is 1. The van der Waals surface area contributed by atoms with Gasteiger partial charge in [-0.2, -0.15) is 0 Å². The van der Waals surface area contributed by atoms with E-state index in [1.54, 1.807) is 18.3 Å². The molecular weight excluding hydrogens is 403 g/mol. The lowest BCUT2D eigenvalue weighted by molar-refractivity contribution is 1.03. The zero-order valence-corrected chi connectivity index (χ0v) is 13.7. The molecule has 2 nitrogen and oxygen atoms in total. The second kappa shape index (κ2) is 6.24. The van der Waals surface area contributed by atoms with E-state index in [9.17, 15) is 0 Å². The quantitative estimate of drug-likeness (QED) is 0.720. The summed E-state index contributed by atoms with van der Waals surface area (Å²) in [5.74, 6) is 0. The van der Waals surface area contributed by atoms with Crippen LogP contribution in [0.5, 0.6) is 0 Å². The summed E-state index contributed by atoms with van der Waals surface area (Å²) in [6.07, 6.45) is 1.76. The van der Waals surface area contributed by atoms with Gasteiger partial charge < -0.3 is 5.32 Å². The monoisotopic (exact) mass is 408 g/mol. The van der Waals surface area contributed by atoms with Crippen molar-refractivity contribution in [3.63, 3.8) is 0 Å². The zero-order valence-electron chi connectivity index (χ0n) is 9.05. The van der Waals surface area contributed by atoms with Crippen LogP contribution in [0.25, 0.3) is 0 Å². The lowest BCUT2D eigenvalue weighted by Gasteiger charge is -2.08. The highest BCUT2D eigenvalue weighted by molar-refractivity contribution is 9.11. The first-order valence-electron chi connectivity index (χ1n) is 5.05. The van der Waals surface area contributed by atoms with E-state index in [1.165, 1.54) is 0 Å². The van der Waals surface area contributed by atoms with E-state index in [0.717, 1.165) is 20.3 Å². The molecule has 0 bridgehead atoms. The first kappa shape index (κ1) is 14.1. The van der Waals surface area contributed by atoms with Crippen LogP contribution in [0.4, 0.5) is 5.69 Å². The smallest absolute Gasteiger partial charge is 0.0737 e. The molecule has 0 aliphatic carbocycles. The Labute approximate surface area is 132 Å². The molecule has 0 saturated carbocycles. The molecule has 1 aromatic carbocycles. The van der Waals surface area contributed by atoms with Crippen molar-refractivity contribution in [3.8, 4) is 0 Å². The van der Waals surface area contributed by atoms with Gasteiger partial charge in [-0.3, -0.25) is 4.98 Å². The summed E-state index contributed by atoms with van der Waals surface area (Å²) in [6.45, 7) is 0.603. The molecule has 1 aromatic heterocycles. The van der Waals surface area contributed by atoms with E-state index >= 15 is 0 Å². The maximum atomic E-state index is 5.94. The Morgan fingerprint density at radius 2 is 1.89 bits per heavy atom. The topological polar surface area (TPSA) is 24.9 Å². The van der Waals surface area contributed by atoms with Crippen molar-refractivity contribution in [2.75, 3.05) is 5.32 Å². The molecule has 18 heavy (non-hydrogen) atoms. The number of benzene rings is 1. The van der Waals surface area contributed by atoms with Crippen molar-refractivity contribution in [1.82, 2.24) is 4.98 Å². The van der Waals surface area contributed by atoms with Crippen LogP contribution in [0.3, 0.4) is 0 Å². The van der Waals surface area contributed by atoms with E-state index in [4.69, 9.17) is 23.2 Å². The Morgan fingerprint density at radius 1 is 1.11 bits per heavy atom. The third kappa shape index (κ3) is 3.60. The van der Waals surface area contributed by atoms with Gasteiger partial charge in [0.25, 0.3) is 0 Å². The van der Waals surface area contributed by atoms with Gasteiger partial charge in [0.1, 0.15) is 0 Å². The lowest BCUT2D eigenvalue weighted by Crippen LogP contribution is -2.02. The minimum Gasteiger partial charge on any atom is -0.379 e. The number of rotatable bonds is 3. The van der Waals surface area contributed by atoms with Crippen molar-refractivity contribution < 1.29 is 0 Å². The van der Waals surface area contributed by atoms with Crippen molar-refractivity contribution in [1.29, 1.82) is 0 Å². The highest BCUT2D eigenvalue weighted by Crippen LogP contribution is 2.26. The minimum atomic E-state index is 0.532. The predicted molar refractivity (Wildman–Crippen MR) is 83.4 cm³/mol. The summed E-state index contributed by atoms with van der Waals surface area (Å²) in [5.41, 5.74) is 1.82. The first-order chi connectivity index (χ1) is 8.56. The summed E-state index contributed by atoms with van der Waals surface area (Å²) in [4.78, 5) is 4.32. The zero-order chi connectivity index (χ0) is 13.1. The average Bonchev–Trinajstić information content (AvgIpc) is 2.32. The second-order valence-electron chi connectivity index (χ2n) is 3.56.